The molecule has 2 amide bonds. The van der Waals surface area contributed by atoms with E-state index < -0.39 is 0 Å². The fourth-order valence-corrected chi connectivity index (χ4v) is 3.39. The van der Waals surface area contributed by atoms with Crippen molar-refractivity contribution in [3.05, 3.63) is 65.2 Å². The van der Waals surface area contributed by atoms with E-state index in [9.17, 15) is 14.0 Å². The molecule has 0 spiro atoms. The van der Waals surface area contributed by atoms with E-state index in [1.807, 2.05) is 24.3 Å². The molecule has 1 aliphatic rings. The summed E-state index contributed by atoms with van der Waals surface area (Å²) in [4.78, 5) is 26.0. The van der Waals surface area contributed by atoms with Gasteiger partial charge >= 0.3 is 0 Å². The number of benzene rings is 2. The highest BCUT2D eigenvalue weighted by molar-refractivity contribution is 5.99. The minimum absolute atomic E-state index is 0.146. The predicted molar refractivity (Wildman–Crippen MR) is 100 cm³/mol. The normalized spacial score (nSPS) is 14.1. The van der Waals surface area contributed by atoms with E-state index in [4.69, 9.17) is 4.42 Å². The summed E-state index contributed by atoms with van der Waals surface area (Å²) in [5.41, 5.74) is 2.89. The molecular formula is C21H19FN2O3. The Morgan fingerprint density at radius 1 is 1.22 bits per heavy atom. The smallest absolute Gasteiger partial charge is 0.287 e. The van der Waals surface area contributed by atoms with Crippen LogP contribution in [0.15, 0.2) is 46.9 Å². The van der Waals surface area contributed by atoms with Gasteiger partial charge in [-0.25, -0.2) is 4.39 Å². The number of carbonyl (C=O) groups is 2. The molecular weight excluding hydrogens is 347 g/mol. The van der Waals surface area contributed by atoms with Crippen molar-refractivity contribution in [2.75, 3.05) is 11.4 Å². The number of fused-ring (bicyclic) bond motifs is 1. The zero-order chi connectivity index (χ0) is 19.0. The fraction of sp³-hybridized carbons (Fsp3) is 0.238. The number of hydrogen-bond acceptors (Lipinski definition) is 3. The van der Waals surface area contributed by atoms with Crippen LogP contribution in [0.2, 0.25) is 0 Å². The highest BCUT2D eigenvalue weighted by atomic mass is 19.1. The van der Waals surface area contributed by atoms with Gasteiger partial charge in [-0.05, 0) is 49.2 Å². The van der Waals surface area contributed by atoms with Crippen LogP contribution >= 0.6 is 0 Å². The number of furan rings is 1. The summed E-state index contributed by atoms with van der Waals surface area (Å²) in [6.45, 7) is 2.82. The van der Waals surface area contributed by atoms with Crippen LogP contribution < -0.4 is 10.2 Å². The minimum atomic E-state index is -0.366. The Morgan fingerprint density at radius 2 is 2.00 bits per heavy atom. The molecule has 1 N–H and O–H groups in total. The van der Waals surface area contributed by atoms with Crippen molar-refractivity contribution in [2.24, 2.45) is 0 Å². The molecule has 0 bridgehead atoms. The molecule has 2 heterocycles. The zero-order valence-corrected chi connectivity index (χ0v) is 14.9. The first kappa shape index (κ1) is 17.3. The first-order chi connectivity index (χ1) is 13.0. The van der Waals surface area contributed by atoms with Gasteiger partial charge in [0, 0.05) is 36.1 Å². The summed E-state index contributed by atoms with van der Waals surface area (Å²) in [6, 6.07) is 11.7. The lowest BCUT2D eigenvalue weighted by Crippen LogP contribution is -2.24. The SMILES string of the molecule is Cc1c(C(=O)NCc2ccc(N3CCCC3=O)cc2)oc2ccc(F)cc12. The number of carbonyl (C=O) groups excluding carboxylic acids is 2. The summed E-state index contributed by atoms with van der Waals surface area (Å²) in [7, 11) is 0. The van der Waals surface area contributed by atoms with Crippen molar-refractivity contribution in [1.29, 1.82) is 0 Å². The highest BCUT2D eigenvalue weighted by Crippen LogP contribution is 2.26. The van der Waals surface area contributed by atoms with Crippen LogP contribution in [0.25, 0.3) is 11.0 Å². The van der Waals surface area contributed by atoms with Gasteiger partial charge in [0.1, 0.15) is 11.4 Å². The van der Waals surface area contributed by atoms with E-state index in [1.165, 1.54) is 18.2 Å². The van der Waals surface area contributed by atoms with E-state index in [0.29, 0.717) is 29.5 Å². The summed E-state index contributed by atoms with van der Waals surface area (Å²) in [6.07, 6.45) is 1.48. The number of rotatable bonds is 4. The van der Waals surface area contributed by atoms with Crippen LogP contribution in [-0.2, 0) is 11.3 Å². The molecule has 5 nitrogen and oxygen atoms in total. The molecule has 138 valence electrons. The molecule has 3 aromatic rings. The van der Waals surface area contributed by atoms with Gasteiger partial charge in [-0.1, -0.05) is 12.1 Å². The van der Waals surface area contributed by atoms with Crippen LogP contribution in [0.3, 0.4) is 0 Å². The Morgan fingerprint density at radius 3 is 2.70 bits per heavy atom. The minimum Gasteiger partial charge on any atom is -0.451 e. The van der Waals surface area contributed by atoms with E-state index in [2.05, 4.69) is 5.32 Å². The monoisotopic (exact) mass is 366 g/mol. The second-order valence-electron chi connectivity index (χ2n) is 6.69. The fourth-order valence-electron chi connectivity index (χ4n) is 3.39. The highest BCUT2D eigenvalue weighted by Gasteiger charge is 2.21. The van der Waals surface area contributed by atoms with Crippen molar-refractivity contribution in [2.45, 2.75) is 26.3 Å². The Hall–Kier alpha value is -3.15. The maximum atomic E-state index is 13.4. The Labute approximate surface area is 155 Å². The summed E-state index contributed by atoms with van der Waals surface area (Å²) < 4.78 is 19.0. The number of nitrogens with one attached hydrogen (secondary N) is 1. The Kier molecular flexibility index (Phi) is 4.39. The molecule has 1 saturated heterocycles. The first-order valence-corrected chi connectivity index (χ1v) is 8.89. The second kappa shape index (κ2) is 6.87. The van der Waals surface area contributed by atoms with Gasteiger partial charge in [0.2, 0.25) is 5.91 Å². The van der Waals surface area contributed by atoms with Crippen LogP contribution in [0.1, 0.15) is 34.5 Å². The van der Waals surface area contributed by atoms with E-state index in [1.54, 1.807) is 11.8 Å². The largest absolute Gasteiger partial charge is 0.451 e. The van der Waals surface area contributed by atoms with Crippen LogP contribution in [-0.4, -0.2) is 18.4 Å². The number of hydrogen-bond donors (Lipinski definition) is 1. The molecule has 27 heavy (non-hydrogen) atoms. The van der Waals surface area contributed by atoms with Gasteiger partial charge in [-0.3, -0.25) is 9.59 Å². The van der Waals surface area contributed by atoms with Crippen LogP contribution in [0, 0.1) is 12.7 Å². The third-order valence-electron chi connectivity index (χ3n) is 4.88. The topological polar surface area (TPSA) is 62.6 Å². The van der Waals surface area contributed by atoms with Gasteiger partial charge < -0.3 is 14.6 Å². The van der Waals surface area contributed by atoms with Crippen molar-refractivity contribution in [1.82, 2.24) is 5.32 Å². The summed E-state index contributed by atoms with van der Waals surface area (Å²) in [5, 5.41) is 3.42. The van der Waals surface area contributed by atoms with Crippen molar-refractivity contribution in [3.63, 3.8) is 0 Å². The quantitative estimate of drug-likeness (QED) is 0.761. The maximum absolute atomic E-state index is 13.4. The van der Waals surface area contributed by atoms with Crippen LogP contribution in [0.4, 0.5) is 10.1 Å². The van der Waals surface area contributed by atoms with Crippen LogP contribution in [0.5, 0.6) is 0 Å². The van der Waals surface area contributed by atoms with Gasteiger partial charge in [0.25, 0.3) is 5.91 Å². The molecule has 1 fully saturated rings. The second-order valence-corrected chi connectivity index (χ2v) is 6.69. The molecule has 2 aromatic carbocycles. The number of anilines is 1. The average Bonchev–Trinajstić information content (AvgIpc) is 3.24. The first-order valence-electron chi connectivity index (χ1n) is 8.89. The molecule has 4 rings (SSSR count). The average molecular weight is 366 g/mol. The van der Waals surface area contributed by atoms with E-state index in [0.717, 1.165) is 24.2 Å². The number of amides is 2. The molecule has 6 heteroatoms. The summed E-state index contributed by atoms with van der Waals surface area (Å²) >= 11 is 0. The molecule has 0 unspecified atom stereocenters. The maximum Gasteiger partial charge on any atom is 0.287 e. The van der Waals surface area contributed by atoms with Gasteiger partial charge in [0.05, 0.1) is 0 Å². The standard InChI is InChI=1S/C21H19FN2O3/c1-13-17-11-15(22)6-9-18(17)27-20(13)21(26)23-12-14-4-7-16(8-5-14)24-10-2-3-19(24)25/h4-9,11H,2-3,10,12H2,1H3,(H,23,26). The lowest BCUT2D eigenvalue weighted by molar-refractivity contribution is -0.117. The molecule has 0 saturated carbocycles. The molecule has 0 radical (unpaired) electrons. The number of nitrogens with zero attached hydrogens (tertiary/aromatic N) is 1. The van der Waals surface area contributed by atoms with Crippen molar-refractivity contribution in [3.8, 4) is 0 Å². The number of halogens is 1. The molecule has 1 aromatic heterocycles. The Bertz CT molecular complexity index is 1020. The van der Waals surface area contributed by atoms with E-state index in [-0.39, 0.29) is 23.4 Å². The lowest BCUT2D eigenvalue weighted by Gasteiger charge is -2.16. The zero-order valence-electron chi connectivity index (χ0n) is 14.9. The third-order valence-corrected chi connectivity index (χ3v) is 4.88. The van der Waals surface area contributed by atoms with Crippen molar-refractivity contribution < 1.29 is 18.4 Å². The number of aryl methyl sites for hydroxylation is 1. The predicted octanol–water partition coefficient (Wildman–Crippen LogP) is 3.94. The van der Waals surface area contributed by atoms with Gasteiger partial charge in [-0.2, -0.15) is 0 Å². The van der Waals surface area contributed by atoms with Crippen molar-refractivity contribution >= 4 is 28.5 Å². The molecule has 1 aliphatic heterocycles. The van der Waals surface area contributed by atoms with Gasteiger partial charge in [-0.15, -0.1) is 0 Å². The van der Waals surface area contributed by atoms with E-state index >= 15 is 0 Å². The lowest BCUT2D eigenvalue weighted by atomic mass is 10.1. The molecule has 0 aliphatic carbocycles. The third kappa shape index (κ3) is 3.30. The Balaban J connectivity index is 1.45. The molecule has 0 atom stereocenters. The van der Waals surface area contributed by atoms with Gasteiger partial charge in [0.15, 0.2) is 5.76 Å². The summed E-state index contributed by atoms with van der Waals surface area (Å²) in [5.74, 6) is -0.374.